The summed E-state index contributed by atoms with van der Waals surface area (Å²) in [6.07, 6.45) is 10.2. The molecule has 20 heavy (non-hydrogen) atoms. The maximum atomic E-state index is 5.81. The summed E-state index contributed by atoms with van der Waals surface area (Å²) in [5.41, 5.74) is 5.74. The Balaban J connectivity index is 0.00000147. The van der Waals surface area contributed by atoms with Gasteiger partial charge in [-0.05, 0) is 25.7 Å². The van der Waals surface area contributed by atoms with Gasteiger partial charge in [0.15, 0.2) is 5.13 Å². The van der Waals surface area contributed by atoms with Crippen LogP contribution in [0, 0.1) is 0 Å². The number of nitrogens with zero attached hydrogens (tertiary/aromatic N) is 2. The lowest BCUT2D eigenvalue weighted by molar-refractivity contribution is 0.0546. The van der Waals surface area contributed by atoms with Crippen molar-refractivity contribution in [2.45, 2.75) is 57.2 Å². The summed E-state index contributed by atoms with van der Waals surface area (Å²) in [6.45, 7) is 3.00. The van der Waals surface area contributed by atoms with Crippen molar-refractivity contribution in [1.29, 1.82) is 0 Å². The molecule has 1 aromatic heterocycles. The largest absolute Gasteiger partial charge is 0.377 e. The lowest BCUT2D eigenvalue weighted by atomic mass is 10.1. The topological polar surface area (TPSA) is 51.4 Å². The zero-order chi connectivity index (χ0) is 13.1. The Kier molecular flexibility index (Phi) is 6.08. The highest BCUT2D eigenvalue weighted by Gasteiger charge is 2.27. The minimum absolute atomic E-state index is 0. The van der Waals surface area contributed by atoms with Gasteiger partial charge in [-0.15, -0.1) is 23.7 Å². The van der Waals surface area contributed by atoms with E-state index in [1.165, 1.54) is 43.4 Å². The van der Waals surface area contributed by atoms with Crippen LogP contribution in [0.5, 0.6) is 0 Å². The predicted molar refractivity (Wildman–Crippen MR) is 85.4 cm³/mol. The van der Waals surface area contributed by atoms with Crippen molar-refractivity contribution < 1.29 is 4.74 Å². The third-order valence-electron chi connectivity index (χ3n) is 4.23. The van der Waals surface area contributed by atoms with Crippen LogP contribution >= 0.6 is 23.7 Å². The van der Waals surface area contributed by atoms with E-state index < -0.39 is 0 Å². The van der Waals surface area contributed by atoms with Crippen molar-refractivity contribution in [1.82, 2.24) is 9.88 Å². The molecule has 0 amide bonds. The van der Waals surface area contributed by atoms with Crippen LogP contribution in [-0.4, -0.2) is 35.2 Å². The number of hydrogen-bond donors (Lipinski definition) is 1. The van der Waals surface area contributed by atoms with E-state index in [1.54, 1.807) is 11.3 Å². The fourth-order valence-corrected chi connectivity index (χ4v) is 3.97. The maximum Gasteiger partial charge on any atom is 0.180 e. The fourth-order valence-electron chi connectivity index (χ4n) is 3.26. The van der Waals surface area contributed by atoms with E-state index in [1.807, 2.05) is 6.20 Å². The first-order valence-electron chi connectivity index (χ1n) is 7.37. The molecular formula is C14H24ClN3OS. The van der Waals surface area contributed by atoms with Gasteiger partial charge in [0.2, 0.25) is 0 Å². The Morgan fingerprint density at radius 3 is 2.70 bits per heavy atom. The number of rotatable bonds is 5. The maximum absolute atomic E-state index is 5.81. The quantitative estimate of drug-likeness (QED) is 0.906. The van der Waals surface area contributed by atoms with Crippen LogP contribution < -0.4 is 5.73 Å². The number of thiazole rings is 1. The van der Waals surface area contributed by atoms with Crippen LogP contribution in [0.1, 0.15) is 43.4 Å². The normalized spacial score (nSPS) is 23.4. The molecule has 0 spiro atoms. The molecule has 1 aliphatic heterocycles. The van der Waals surface area contributed by atoms with Crippen LogP contribution in [0.3, 0.4) is 0 Å². The van der Waals surface area contributed by atoms with Gasteiger partial charge >= 0.3 is 0 Å². The third-order valence-corrected chi connectivity index (χ3v) is 5.04. The zero-order valence-corrected chi connectivity index (χ0v) is 13.4. The number of halogens is 1. The van der Waals surface area contributed by atoms with Crippen molar-refractivity contribution >= 4 is 28.9 Å². The molecule has 0 bridgehead atoms. The van der Waals surface area contributed by atoms with Gasteiger partial charge in [0.1, 0.15) is 0 Å². The average molecular weight is 318 g/mol. The van der Waals surface area contributed by atoms with Crippen LogP contribution in [0.15, 0.2) is 6.20 Å². The predicted octanol–water partition coefficient (Wildman–Crippen LogP) is 3.07. The second-order valence-corrected chi connectivity index (χ2v) is 6.81. The van der Waals surface area contributed by atoms with E-state index in [2.05, 4.69) is 9.88 Å². The molecule has 114 valence electrons. The minimum atomic E-state index is 0. The molecule has 1 atom stereocenters. The summed E-state index contributed by atoms with van der Waals surface area (Å²) >= 11 is 1.62. The summed E-state index contributed by atoms with van der Waals surface area (Å²) in [6, 6.07) is 0.729. The Labute approximate surface area is 131 Å². The van der Waals surface area contributed by atoms with E-state index in [0.717, 1.165) is 25.7 Å². The number of nitrogens with two attached hydrogens (primary N) is 1. The van der Waals surface area contributed by atoms with Crippen molar-refractivity contribution in [3.05, 3.63) is 11.1 Å². The first kappa shape index (κ1) is 16.0. The third kappa shape index (κ3) is 4.07. The minimum Gasteiger partial charge on any atom is -0.377 e. The highest BCUT2D eigenvalue weighted by molar-refractivity contribution is 7.15. The van der Waals surface area contributed by atoms with Gasteiger partial charge in [0.05, 0.1) is 6.10 Å². The van der Waals surface area contributed by atoms with Crippen molar-refractivity contribution in [2.24, 2.45) is 0 Å². The average Bonchev–Trinajstić information content (AvgIpc) is 3.10. The Hall–Kier alpha value is -0.360. The van der Waals surface area contributed by atoms with E-state index >= 15 is 0 Å². The van der Waals surface area contributed by atoms with Gasteiger partial charge in [-0.3, -0.25) is 4.90 Å². The first-order valence-corrected chi connectivity index (χ1v) is 8.19. The number of anilines is 1. The van der Waals surface area contributed by atoms with Crippen molar-refractivity contribution in [2.75, 3.05) is 18.9 Å². The monoisotopic (exact) mass is 317 g/mol. The number of aromatic nitrogens is 1. The molecule has 1 saturated carbocycles. The summed E-state index contributed by atoms with van der Waals surface area (Å²) in [7, 11) is 0. The summed E-state index contributed by atoms with van der Waals surface area (Å²) in [5, 5.41) is 0.679. The van der Waals surface area contributed by atoms with E-state index in [9.17, 15) is 0 Å². The summed E-state index contributed by atoms with van der Waals surface area (Å²) in [4.78, 5) is 8.05. The molecule has 3 rings (SSSR count). The molecular weight excluding hydrogens is 294 g/mol. The van der Waals surface area contributed by atoms with Crippen LogP contribution in [0.25, 0.3) is 0 Å². The van der Waals surface area contributed by atoms with Crippen LogP contribution in [-0.2, 0) is 11.3 Å². The van der Waals surface area contributed by atoms with E-state index in [4.69, 9.17) is 10.5 Å². The standard InChI is InChI=1S/C14H23N3OS.ClH/c15-14-16-8-13(19-14)10-17(11-4-1-2-5-11)9-12-6-3-7-18-12;/h8,11-12H,1-7,9-10H2,(H2,15,16);1H. The van der Waals surface area contributed by atoms with E-state index in [-0.39, 0.29) is 12.4 Å². The molecule has 1 aliphatic carbocycles. The highest BCUT2D eigenvalue weighted by Crippen LogP contribution is 2.28. The molecule has 1 saturated heterocycles. The molecule has 1 aromatic rings. The fraction of sp³-hybridized carbons (Fsp3) is 0.786. The molecule has 6 heteroatoms. The van der Waals surface area contributed by atoms with Crippen molar-refractivity contribution in [3.63, 3.8) is 0 Å². The first-order chi connectivity index (χ1) is 9.31. The second-order valence-electron chi connectivity index (χ2n) is 5.67. The molecule has 2 N–H and O–H groups in total. The van der Waals surface area contributed by atoms with Gasteiger partial charge < -0.3 is 10.5 Å². The van der Waals surface area contributed by atoms with Gasteiger partial charge in [-0.2, -0.15) is 0 Å². The lowest BCUT2D eigenvalue weighted by Gasteiger charge is -2.30. The Morgan fingerprint density at radius 1 is 1.30 bits per heavy atom. The smallest absolute Gasteiger partial charge is 0.180 e. The van der Waals surface area contributed by atoms with Crippen molar-refractivity contribution in [3.8, 4) is 0 Å². The highest BCUT2D eigenvalue weighted by atomic mass is 35.5. The SMILES string of the molecule is Cl.Nc1ncc(CN(CC2CCCO2)C2CCCC2)s1. The molecule has 0 aromatic carbocycles. The van der Waals surface area contributed by atoms with Gasteiger partial charge in [-0.25, -0.2) is 4.98 Å². The second kappa shape index (κ2) is 7.59. The molecule has 4 nitrogen and oxygen atoms in total. The molecule has 0 radical (unpaired) electrons. The lowest BCUT2D eigenvalue weighted by Crippen LogP contribution is -2.38. The Bertz CT molecular complexity index is 403. The molecule has 2 heterocycles. The van der Waals surface area contributed by atoms with Gasteiger partial charge in [-0.1, -0.05) is 12.8 Å². The van der Waals surface area contributed by atoms with Gasteiger partial charge in [0.25, 0.3) is 0 Å². The molecule has 1 unspecified atom stereocenters. The summed E-state index contributed by atoms with van der Waals surface area (Å²) < 4.78 is 5.81. The van der Waals surface area contributed by atoms with Gasteiger partial charge in [0, 0.05) is 36.8 Å². The van der Waals surface area contributed by atoms with E-state index in [0.29, 0.717) is 11.2 Å². The zero-order valence-electron chi connectivity index (χ0n) is 11.8. The summed E-state index contributed by atoms with van der Waals surface area (Å²) in [5.74, 6) is 0. The Morgan fingerprint density at radius 2 is 2.10 bits per heavy atom. The van der Waals surface area contributed by atoms with Crippen LogP contribution in [0.4, 0.5) is 5.13 Å². The molecule has 2 fully saturated rings. The van der Waals surface area contributed by atoms with Crippen LogP contribution in [0.2, 0.25) is 0 Å². The number of hydrogen-bond acceptors (Lipinski definition) is 5. The molecule has 2 aliphatic rings. The number of nitrogen functional groups attached to an aromatic ring is 1. The number of ether oxygens (including phenoxy) is 1.